The number of carbonyl (C=O) groups is 1. The van der Waals surface area contributed by atoms with E-state index in [1.807, 2.05) is 0 Å². The molecule has 1 aromatic heterocycles. The molecule has 5 nitrogen and oxygen atoms in total. The van der Waals surface area contributed by atoms with Gasteiger partial charge in [0.25, 0.3) is 0 Å². The molecule has 0 unspecified atom stereocenters. The van der Waals surface area contributed by atoms with E-state index in [9.17, 15) is 9.59 Å². The number of hydrogen-bond donors (Lipinski definition) is 0. The van der Waals surface area contributed by atoms with Crippen molar-refractivity contribution < 1.29 is 14.3 Å². The molecule has 1 aromatic carbocycles. The second kappa shape index (κ2) is 6.02. The van der Waals surface area contributed by atoms with E-state index in [1.54, 1.807) is 18.2 Å². The summed E-state index contributed by atoms with van der Waals surface area (Å²) in [5.74, 6) is 1.08. The number of benzene rings is 1. The van der Waals surface area contributed by atoms with Crippen LogP contribution in [0.15, 0.2) is 23.0 Å². The van der Waals surface area contributed by atoms with Crippen LogP contribution in [0.4, 0.5) is 0 Å². The number of nitrogens with zero attached hydrogens (tertiary/aromatic N) is 1. The fraction of sp³-hybridized carbons (Fsp3) is 0.154. The molecule has 0 spiro atoms. The van der Waals surface area contributed by atoms with Crippen molar-refractivity contribution in [1.29, 1.82) is 0 Å². The number of rotatable bonds is 4. The summed E-state index contributed by atoms with van der Waals surface area (Å²) in [6.45, 7) is 0. The fourth-order valence-electron chi connectivity index (χ4n) is 1.59. The molecule has 0 fully saturated rings. The molecule has 0 bridgehead atoms. The summed E-state index contributed by atoms with van der Waals surface area (Å²) in [7, 11) is 3.05. The van der Waals surface area contributed by atoms with E-state index >= 15 is 0 Å². The molecule has 1 heterocycles. The van der Waals surface area contributed by atoms with Gasteiger partial charge in [0.05, 0.1) is 14.2 Å². The molecule has 0 amide bonds. The van der Waals surface area contributed by atoms with E-state index in [-0.39, 0.29) is 10.7 Å². The Labute approximate surface area is 123 Å². The molecular weight excluding hydrogens is 302 g/mol. The smallest absolute Gasteiger partial charge is 0.247 e. The van der Waals surface area contributed by atoms with Crippen molar-refractivity contribution in [2.24, 2.45) is 0 Å². The van der Waals surface area contributed by atoms with Crippen molar-refractivity contribution in [2.75, 3.05) is 14.2 Å². The van der Waals surface area contributed by atoms with Gasteiger partial charge in [0, 0.05) is 5.56 Å². The van der Waals surface area contributed by atoms with E-state index in [0.717, 1.165) is 11.3 Å². The second-order valence-corrected chi connectivity index (χ2v) is 5.02. The number of ether oxygens (including phenoxy) is 2. The first-order chi connectivity index (χ1) is 9.60. The quantitative estimate of drug-likeness (QED) is 0.812. The Morgan fingerprint density at radius 2 is 1.95 bits per heavy atom. The summed E-state index contributed by atoms with van der Waals surface area (Å²) in [6.07, 6.45) is 0.409. The lowest BCUT2D eigenvalue weighted by Crippen LogP contribution is -2.06. The topological polar surface area (TPSA) is 65.5 Å². The molecule has 104 valence electrons. The summed E-state index contributed by atoms with van der Waals surface area (Å²) in [6, 6.07) is 5.12. The Balaban J connectivity index is 2.57. The number of aldehydes is 1. The minimum absolute atomic E-state index is 0.103. The Morgan fingerprint density at radius 1 is 1.25 bits per heavy atom. The summed E-state index contributed by atoms with van der Waals surface area (Å²) < 4.78 is 9.90. The van der Waals surface area contributed by atoms with Gasteiger partial charge in [-0.15, -0.1) is 0 Å². The average Bonchev–Trinajstić information content (AvgIpc) is 2.46. The van der Waals surface area contributed by atoms with Crippen LogP contribution in [0, 0.1) is 0 Å². The van der Waals surface area contributed by atoms with Crippen molar-refractivity contribution >= 4 is 29.2 Å². The highest BCUT2D eigenvalue weighted by Gasteiger charge is 2.13. The van der Waals surface area contributed by atoms with Gasteiger partial charge in [0.1, 0.15) is 15.7 Å². The van der Waals surface area contributed by atoms with Crippen molar-refractivity contribution in [2.45, 2.75) is 0 Å². The van der Waals surface area contributed by atoms with Crippen LogP contribution in [0.2, 0.25) is 5.15 Å². The Kier molecular flexibility index (Phi) is 4.36. The lowest BCUT2D eigenvalue weighted by molar-refractivity contribution is 0.112. The Hall–Kier alpha value is -1.92. The van der Waals surface area contributed by atoms with Crippen molar-refractivity contribution in [1.82, 2.24) is 4.98 Å². The maximum Gasteiger partial charge on any atom is 0.247 e. The third-order valence-corrected chi connectivity index (χ3v) is 3.79. The zero-order valence-corrected chi connectivity index (χ0v) is 12.2. The number of carbonyl (C=O) groups excluding carboxylic acids is 1. The molecule has 0 saturated heterocycles. The molecule has 0 N–H and O–H groups in total. The molecule has 20 heavy (non-hydrogen) atoms. The molecule has 0 saturated carbocycles. The minimum atomic E-state index is -0.426. The zero-order chi connectivity index (χ0) is 14.7. The molecule has 7 heteroatoms. The largest absolute Gasteiger partial charge is 0.493 e. The van der Waals surface area contributed by atoms with Crippen LogP contribution in [0.5, 0.6) is 11.5 Å². The van der Waals surface area contributed by atoms with Gasteiger partial charge in [0.15, 0.2) is 17.8 Å². The highest BCUT2D eigenvalue weighted by atomic mass is 35.5. The van der Waals surface area contributed by atoms with Crippen LogP contribution < -0.4 is 14.2 Å². The summed E-state index contributed by atoms with van der Waals surface area (Å²) in [5, 5.41) is 0.306. The van der Waals surface area contributed by atoms with Crippen LogP contribution in [0.3, 0.4) is 0 Å². The lowest BCUT2D eigenvalue weighted by Gasteiger charge is -2.09. The van der Waals surface area contributed by atoms with Gasteiger partial charge in [-0.3, -0.25) is 9.59 Å². The van der Waals surface area contributed by atoms with E-state index in [0.29, 0.717) is 28.4 Å². The third-order valence-electron chi connectivity index (χ3n) is 2.58. The molecule has 0 radical (unpaired) electrons. The predicted octanol–water partition coefficient (Wildman–Crippen LogP) is 2.65. The van der Waals surface area contributed by atoms with Crippen LogP contribution in [-0.2, 0) is 0 Å². The SMILES string of the molecule is COc1ccc(-c2nc(Cl)c(C=O)c(=O)s2)cc1OC. The van der Waals surface area contributed by atoms with E-state index in [2.05, 4.69) is 4.98 Å². The van der Waals surface area contributed by atoms with Gasteiger partial charge < -0.3 is 9.47 Å². The molecular formula is C13H10ClNO4S. The summed E-state index contributed by atoms with van der Waals surface area (Å²) >= 11 is 6.67. The van der Waals surface area contributed by atoms with Gasteiger partial charge in [-0.05, 0) is 18.2 Å². The van der Waals surface area contributed by atoms with Crippen LogP contribution >= 0.6 is 22.9 Å². The van der Waals surface area contributed by atoms with E-state index < -0.39 is 4.74 Å². The molecule has 0 aliphatic rings. The van der Waals surface area contributed by atoms with Gasteiger partial charge in [0.2, 0.25) is 4.74 Å². The predicted molar refractivity (Wildman–Crippen MR) is 77.3 cm³/mol. The number of halogens is 1. The standard InChI is InChI=1S/C13H10ClNO4S/c1-18-9-4-3-7(5-10(9)19-2)12-15-11(14)8(6-16)13(17)20-12/h3-6H,1-2H3. The highest BCUT2D eigenvalue weighted by molar-refractivity contribution is 7.12. The summed E-state index contributed by atoms with van der Waals surface area (Å²) in [5.41, 5.74) is 0.532. The Morgan fingerprint density at radius 3 is 2.50 bits per heavy atom. The zero-order valence-electron chi connectivity index (χ0n) is 10.7. The average molecular weight is 312 g/mol. The van der Waals surface area contributed by atoms with Gasteiger partial charge in [-0.1, -0.05) is 22.9 Å². The maximum absolute atomic E-state index is 11.7. The van der Waals surface area contributed by atoms with Crippen molar-refractivity contribution in [3.05, 3.63) is 38.5 Å². The van der Waals surface area contributed by atoms with Crippen LogP contribution in [0.25, 0.3) is 10.6 Å². The normalized spacial score (nSPS) is 10.2. The van der Waals surface area contributed by atoms with Crippen LogP contribution in [0.1, 0.15) is 10.4 Å². The van der Waals surface area contributed by atoms with Gasteiger partial charge in [-0.25, -0.2) is 4.98 Å². The molecule has 0 atom stereocenters. The number of aromatic nitrogens is 1. The van der Waals surface area contributed by atoms with Crippen molar-refractivity contribution in [3.63, 3.8) is 0 Å². The van der Waals surface area contributed by atoms with Gasteiger partial charge >= 0.3 is 0 Å². The number of methoxy groups -OCH3 is 2. The molecule has 0 aliphatic heterocycles. The van der Waals surface area contributed by atoms with Crippen LogP contribution in [-0.4, -0.2) is 25.5 Å². The van der Waals surface area contributed by atoms with E-state index in [4.69, 9.17) is 21.1 Å². The lowest BCUT2D eigenvalue weighted by atomic mass is 10.2. The monoisotopic (exact) mass is 311 g/mol. The number of hydrogen-bond acceptors (Lipinski definition) is 6. The summed E-state index contributed by atoms with van der Waals surface area (Å²) in [4.78, 5) is 26.5. The third kappa shape index (κ3) is 2.66. The first-order valence-electron chi connectivity index (χ1n) is 5.49. The highest BCUT2D eigenvalue weighted by Crippen LogP contribution is 2.32. The maximum atomic E-state index is 11.7. The fourth-order valence-corrected chi connectivity index (χ4v) is 2.72. The molecule has 2 rings (SSSR count). The first kappa shape index (κ1) is 14.5. The van der Waals surface area contributed by atoms with Crippen molar-refractivity contribution in [3.8, 4) is 22.1 Å². The second-order valence-electron chi connectivity index (χ2n) is 3.70. The minimum Gasteiger partial charge on any atom is -0.493 e. The van der Waals surface area contributed by atoms with Gasteiger partial charge in [-0.2, -0.15) is 0 Å². The molecule has 0 aliphatic carbocycles. The van der Waals surface area contributed by atoms with E-state index in [1.165, 1.54) is 14.2 Å². The molecule has 2 aromatic rings. The first-order valence-corrected chi connectivity index (χ1v) is 6.68. The Bertz CT molecular complexity index is 714.